The van der Waals surface area contributed by atoms with E-state index in [2.05, 4.69) is 36.1 Å². The highest BCUT2D eigenvalue weighted by Crippen LogP contribution is 2.31. The highest BCUT2D eigenvalue weighted by atomic mass is 16.6. The zero-order chi connectivity index (χ0) is 17.9. The predicted molar refractivity (Wildman–Crippen MR) is 99.4 cm³/mol. The van der Waals surface area contributed by atoms with Crippen LogP contribution < -0.4 is 9.47 Å². The molecular weight excluding hydrogens is 328 g/mol. The van der Waals surface area contributed by atoms with Crippen molar-refractivity contribution in [1.82, 2.24) is 9.80 Å². The molecule has 26 heavy (non-hydrogen) atoms. The molecule has 1 amide bonds. The first-order valence-corrected chi connectivity index (χ1v) is 9.14. The van der Waals surface area contributed by atoms with E-state index in [1.165, 1.54) is 11.1 Å². The van der Waals surface area contributed by atoms with E-state index in [0.29, 0.717) is 11.5 Å². The summed E-state index contributed by atoms with van der Waals surface area (Å²) in [4.78, 5) is 17.1. The van der Waals surface area contributed by atoms with Gasteiger partial charge in [0.2, 0.25) is 6.10 Å². The molecule has 1 atom stereocenters. The fourth-order valence-electron chi connectivity index (χ4n) is 3.42. The van der Waals surface area contributed by atoms with E-state index < -0.39 is 6.10 Å². The maximum atomic E-state index is 12.8. The third-order valence-electron chi connectivity index (χ3n) is 4.99. The Morgan fingerprint density at radius 2 is 1.69 bits per heavy atom. The van der Waals surface area contributed by atoms with Gasteiger partial charge in [-0.1, -0.05) is 42.0 Å². The molecule has 0 spiro atoms. The van der Waals surface area contributed by atoms with Crippen molar-refractivity contribution < 1.29 is 14.3 Å². The van der Waals surface area contributed by atoms with Gasteiger partial charge in [-0.2, -0.15) is 0 Å². The van der Waals surface area contributed by atoms with Gasteiger partial charge >= 0.3 is 0 Å². The molecule has 4 rings (SSSR count). The van der Waals surface area contributed by atoms with Crippen LogP contribution in [0.3, 0.4) is 0 Å². The minimum Gasteiger partial charge on any atom is -0.485 e. The lowest BCUT2D eigenvalue weighted by molar-refractivity contribution is -0.143. The van der Waals surface area contributed by atoms with Crippen molar-refractivity contribution in [3.63, 3.8) is 0 Å². The summed E-state index contributed by atoms with van der Waals surface area (Å²) in [7, 11) is 0. The number of benzene rings is 2. The van der Waals surface area contributed by atoms with Crippen LogP contribution in [-0.4, -0.2) is 54.6 Å². The average molecular weight is 352 g/mol. The van der Waals surface area contributed by atoms with E-state index in [4.69, 9.17) is 9.47 Å². The van der Waals surface area contributed by atoms with Gasteiger partial charge in [0.15, 0.2) is 11.5 Å². The highest BCUT2D eigenvalue weighted by molar-refractivity contribution is 5.82. The van der Waals surface area contributed by atoms with Crippen molar-refractivity contribution >= 4 is 5.91 Å². The van der Waals surface area contributed by atoms with E-state index in [-0.39, 0.29) is 12.5 Å². The Balaban J connectivity index is 1.30. The van der Waals surface area contributed by atoms with Crippen LogP contribution in [0.15, 0.2) is 48.5 Å². The number of carbonyl (C=O) groups excluding carboxylic acids is 1. The summed E-state index contributed by atoms with van der Waals surface area (Å²) in [6.07, 6.45) is -0.548. The van der Waals surface area contributed by atoms with Gasteiger partial charge in [-0.15, -0.1) is 0 Å². The van der Waals surface area contributed by atoms with Crippen molar-refractivity contribution in [2.75, 3.05) is 32.8 Å². The van der Waals surface area contributed by atoms with Crippen LogP contribution in [0.1, 0.15) is 11.1 Å². The lowest BCUT2D eigenvalue weighted by Crippen LogP contribution is -2.53. The van der Waals surface area contributed by atoms with Crippen molar-refractivity contribution in [1.29, 1.82) is 0 Å². The number of carbonyl (C=O) groups is 1. The average Bonchev–Trinajstić information content (AvgIpc) is 2.69. The van der Waals surface area contributed by atoms with Crippen LogP contribution >= 0.6 is 0 Å². The van der Waals surface area contributed by atoms with E-state index in [0.717, 1.165) is 32.7 Å². The summed E-state index contributed by atoms with van der Waals surface area (Å²) >= 11 is 0. The van der Waals surface area contributed by atoms with Gasteiger partial charge < -0.3 is 14.4 Å². The number of aryl methyl sites for hydroxylation is 1. The number of amides is 1. The quantitative estimate of drug-likeness (QED) is 0.851. The maximum absolute atomic E-state index is 12.8. The summed E-state index contributed by atoms with van der Waals surface area (Å²) in [5.74, 6) is 1.38. The molecule has 0 radical (unpaired) electrons. The number of fused-ring (bicyclic) bond motifs is 1. The molecule has 2 aromatic carbocycles. The van der Waals surface area contributed by atoms with Crippen molar-refractivity contribution in [2.24, 2.45) is 0 Å². The van der Waals surface area contributed by atoms with E-state index in [1.807, 2.05) is 29.2 Å². The lowest BCUT2D eigenvalue weighted by Gasteiger charge is -2.37. The van der Waals surface area contributed by atoms with Gasteiger partial charge in [0.25, 0.3) is 5.91 Å². The molecule has 1 saturated heterocycles. The molecule has 2 aromatic rings. The minimum absolute atomic E-state index is 0.0227. The minimum atomic E-state index is -0.548. The van der Waals surface area contributed by atoms with E-state index in [9.17, 15) is 4.79 Å². The van der Waals surface area contributed by atoms with Gasteiger partial charge in [0.05, 0.1) is 0 Å². The van der Waals surface area contributed by atoms with Gasteiger partial charge in [-0.05, 0) is 24.6 Å². The Bertz CT molecular complexity index is 767. The molecule has 2 aliphatic heterocycles. The largest absolute Gasteiger partial charge is 0.485 e. The first-order valence-electron chi connectivity index (χ1n) is 9.14. The molecule has 136 valence electrons. The van der Waals surface area contributed by atoms with E-state index in [1.54, 1.807) is 0 Å². The first-order chi connectivity index (χ1) is 12.7. The van der Waals surface area contributed by atoms with Crippen molar-refractivity contribution in [3.8, 4) is 11.5 Å². The molecule has 5 nitrogen and oxygen atoms in total. The normalized spacial score (nSPS) is 20.0. The third kappa shape index (κ3) is 3.68. The molecule has 0 N–H and O–H groups in total. The van der Waals surface area contributed by atoms with Gasteiger partial charge in [0.1, 0.15) is 6.61 Å². The second kappa shape index (κ2) is 7.38. The Morgan fingerprint density at radius 1 is 1.00 bits per heavy atom. The molecule has 0 aliphatic carbocycles. The molecule has 0 bridgehead atoms. The smallest absolute Gasteiger partial charge is 0.267 e. The monoisotopic (exact) mass is 352 g/mol. The van der Waals surface area contributed by atoms with Gasteiger partial charge in [-0.25, -0.2) is 0 Å². The SMILES string of the molecule is Cc1ccc(CN2CCN(C(=O)[C@@H]3COc4ccccc4O3)CC2)cc1. The number of ether oxygens (including phenoxy) is 2. The fourth-order valence-corrected chi connectivity index (χ4v) is 3.42. The number of hydrogen-bond acceptors (Lipinski definition) is 4. The second-order valence-corrected chi connectivity index (χ2v) is 6.95. The molecular formula is C21H24N2O3. The molecule has 0 aromatic heterocycles. The molecule has 2 aliphatic rings. The number of nitrogens with zero attached hydrogens (tertiary/aromatic N) is 2. The zero-order valence-electron chi connectivity index (χ0n) is 15.1. The number of hydrogen-bond donors (Lipinski definition) is 0. The maximum Gasteiger partial charge on any atom is 0.267 e. The predicted octanol–water partition coefficient (Wildman–Crippen LogP) is 2.48. The zero-order valence-corrected chi connectivity index (χ0v) is 15.1. The molecule has 2 heterocycles. The first kappa shape index (κ1) is 16.9. The van der Waals surface area contributed by atoms with Gasteiger partial charge in [0, 0.05) is 32.7 Å². The summed E-state index contributed by atoms with van der Waals surface area (Å²) in [6, 6.07) is 16.1. The summed E-state index contributed by atoms with van der Waals surface area (Å²) in [5, 5.41) is 0. The standard InChI is InChI=1S/C21H24N2O3/c1-16-6-8-17(9-7-16)14-22-10-12-23(13-11-22)21(24)20-15-25-18-4-2-3-5-19(18)26-20/h2-9,20H,10-15H2,1H3/t20-/m0/s1. The van der Waals surface area contributed by atoms with E-state index >= 15 is 0 Å². The van der Waals surface area contributed by atoms with Crippen LogP contribution in [-0.2, 0) is 11.3 Å². The van der Waals surface area contributed by atoms with Crippen LogP contribution in [0.25, 0.3) is 0 Å². The molecule has 5 heteroatoms. The number of rotatable bonds is 3. The molecule has 1 fully saturated rings. The summed E-state index contributed by atoms with van der Waals surface area (Å²) in [6.45, 7) is 6.52. The number of piperazine rings is 1. The Kier molecular flexibility index (Phi) is 4.80. The van der Waals surface area contributed by atoms with Gasteiger partial charge in [-0.3, -0.25) is 9.69 Å². The summed E-state index contributed by atoms with van der Waals surface area (Å²) in [5.41, 5.74) is 2.59. The lowest BCUT2D eigenvalue weighted by atomic mass is 10.1. The van der Waals surface area contributed by atoms with Crippen LogP contribution in [0.4, 0.5) is 0 Å². The Labute approximate surface area is 154 Å². The molecule has 0 unspecified atom stereocenters. The summed E-state index contributed by atoms with van der Waals surface area (Å²) < 4.78 is 11.5. The number of para-hydroxylation sites is 2. The van der Waals surface area contributed by atoms with Crippen molar-refractivity contribution in [3.05, 3.63) is 59.7 Å². The van der Waals surface area contributed by atoms with Crippen molar-refractivity contribution in [2.45, 2.75) is 19.6 Å². The second-order valence-electron chi connectivity index (χ2n) is 6.95. The van der Waals surface area contributed by atoms with Crippen LogP contribution in [0.5, 0.6) is 11.5 Å². The Hall–Kier alpha value is -2.53. The third-order valence-corrected chi connectivity index (χ3v) is 4.99. The molecule has 0 saturated carbocycles. The fraction of sp³-hybridized carbons (Fsp3) is 0.381. The topological polar surface area (TPSA) is 42.0 Å². The Morgan fingerprint density at radius 3 is 2.42 bits per heavy atom. The van der Waals surface area contributed by atoms with Crippen LogP contribution in [0.2, 0.25) is 0 Å². The van der Waals surface area contributed by atoms with Crippen LogP contribution in [0, 0.1) is 6.92 Å². The highest BCUT2D eigenvalue weighted by Gasteiger charge is 2.32.